The Morgan fingerprint density at radius 2 is 1.90 bits per heavy atom. The third-order valence-corrected chi connectivity index (χ3v) is 5.25. The van der Waals surface area contributed by atoms with Crippen molar-refractivity contribution in [2.45, 2.75) is 24.7 Å². The van der Waals surface area contributed by atoms with E-state index < -0.39 is 16.8 Å². The Kier molecular flexibility index (Phi) is 5.12. The van der Waals surface area contributed by atoms with Gasteiger partial charge in [0.05, 0.1) is 16.7 Å². The molecule has 0 aliphatic carbocycles. The van der Waals surface area contributed by atoms with Crippen LogP contribution in [0.4, 0.5) is 0 Å². The van der Waals surface area contributed by atoms with Crippen LogP contribution in [0, 0.1) is 12.8 Å². The number of likely N-dealkylation sites (tertiary alicyclic amines) is 1. The highest BCUT2D eigenvalue weighted by atomic mass is 32.2. The topological polar surface area (TPSA) is 74.7 Å². The number of rotatable bonds is 4. The lowest BCUT2D eigenvalue weighted by molar-refractivity contribution is -0.145. The first-order valence-electron chi connectivity index (χ1n) is 6.93. The largest absolute Gasteiger partial charge is 0.481 e. The van der Waals surface area contributed by atoms with E-state index >= 15 is 0 Å². The number of aryl methyl sites for hydroxylation is 1. The van der Waals surface area contributed by atoms with Gasteiger partial charge in [0.25, 0.3) is 0 Å². The van der Waals surface area contributed by atoms with Crippen molar-refractivity contribution in [3.8, 4) is 0 Å². The number of benzene rings is 1. The molecule has 0 bridgehead atoms. The molecule has 1 aliphatic rings. The van der Waals surface area contributed by atoms with Crippen molar-refractivity contribution in [2.24, 2.45) is 5.92 Å². The van der Waals surface area contributed by atoms with E-state index in [1.165, 1.54) is 0 Å². The van der Waals surface area contributed by atoms with Gasteiger partial charge in [-0.1, -0.05) is 18.2 Å². The van der Waals surface area contributed by atoms with Gasteiger partial charge in [-0.25, -0.2) is 0 Å². The second-order valence-corrected chi connectivity index (χ2v) is 6.67. The number of carbonyl (C=O) groups excluding carboxylic acids is 1. The number of piperidine rings is 1. The smallest absolute Gasteiger partial charge is 0.306 e. The minimum Gasteiger partial charge on any atom is -0.481 e. The van der Waals surface area contributed by atoms with Gasteiger partial charge in [0.1, 0.15) is 5.75 Å². The molecule has 5 nitrogen and oxygen atoms in total. The van der Waals surface area contributed by atoms with Crippen molar-refractivity contribution in [1.82, 2.24) is 4.90 Å². The summed E-state index contributed by atoms with van der Waals surface area (Å²) in [6.45, 7) is 2.73. The normalized spacial score (nSPS) is 17.5. The molecule has 0 aromatic heterocycles. The lowest BCUT2D eigenvalue weighted by Gasteiger charge is -2.30. The summed E-state index contributed by atoms with van der Waals surface area (Å²) in [5.41, 5.74) is 0.910. The SMILES string of the molecule is Cc1ccccc1S(=O)CC(=O)N1CCC(C(=O)O)CC1. The molecule has 6 heteroatoms. The maximum atomic E-state index is 12.3. The summed E-state index contributed by atoms with van der Waals surface area (Å²) < 4.78 is 12.3. The van der Waals surface area contributed by atoms with E-state index in [-0.39, 0.29) is 17.6 Å². The van der Waals surface area contributed by atoms with Crippen LogP contribution in [-0.4, -0.2) is 44.9 Å². The zero-order valence-corrected chi connectivity index (χ0v) is 12.8. The van der Waals surface area contributed by atoms with E-state index in [0.717, 1.165) is 5.56 Å². The van der Waals surface area contributed by atoms with E-state index in [9.17, 15) is 13.8 Å². The lowest BCUT2D eigenvalue weighted by Crippen LogP contribution is -2.42. The summed E-state index contributed by atoms with van der Waals surface area (Å²) in [6, 6.07) is 7.32. The van der Waals surface area contributed by atoms with Crippen molar-refractivity contribution in [3.05, 3.63) is 29.8 Å². The molecule has 1 unspecified atom stereocenters. The van der Waals surface area contributed by atoms with Gasteiger partial charge >= 0.3 is 5.97 Å². The first-order valence-corrected chi connectivity index (χ1v) is 8.25. The van der Waals surface area contributed by atoms with Crippen LogP contribution in [0.1, 0.15) is 18.4 Å². The molecule has 1 aromatic carbocycles. The number of aliphatic carboxylic acids is 1. The second kappa shape index (κ2) is 6.85. The fraction of sp³-hybridized carbons (Fsp3) is 0.467. The van der Waals surface area contributed by atoms with Gasteiger partial charge in [-0.15, -0.1) is 0 Å². The predicted molar refractivity (Wildman–Crippen MR) is 79.4 cm³/mol. The Morgan fingerprint density at radius 3 is 2.48 bits per heavy atom. The molecule has 2 rings (SSSR count). The summed E-state index contributed by atoms with van der Waals surface area (Å²) in [5, 5.41) is 8.94. The summed E-state index contributed by atoms with van der Waals surface area (Å²) in [5.74, 6) is -1.37. The molecule has 1 aliphatic heterocycles. The fourth-order valence-electron chi connectivity index (χ4n) is 2.47. The first kappa shape index (κ1) is 15.7. The number of hydrogen-bond donors (Lipinski definition) is 1. The Balaban J connectivity index is 1.92. The number of carbonyl (C=O) groups is 2. The van der Waals surface area contributed by atoms with Crippen LogP contribution in [0.25, 0.3) is 0 Å². The Bertz CT molecular complexity index is 565. The summed E-state index contributed by atoms with van der Waals surface area (Å²) in [7, 11) is -1.35. The van der Waals surface area contributed by atoms with Gasteiger partial charge in [-0.3, -0.25) is 13.8 Å². The van der Waals surface area contributed by atoms with Gasteiger partial charge in [0.15, 0.2) is 0 Å². The number of carboxylic acid groups (broad SMARTS) is 1. The maximum Gasteiger partial charge on any atom is 0.306 e. The van der Waals surface area contributed by atoms with Crippen LogP contribution in [0.5, 0.6) is 0 Å². The van der Waals surface area contributed by atoms with Crippen molar-refractivity contribution in [1.29, 1.82) is 0 Å². The standard InChI is InChI=1S/C15H19NO4S/c1-11-4-2-3-5-13(11)21(20)10-14(17)16-8-6-12(7-9-16)15(18)19/h2-5,12H,6-10H2,1H3,(H,18,19). The van der Waals surface area contributed by atoms with Gasteiger partial charge in [-0.05, 0) is 31.4 Å². The van der Waals surface area contributed by atoms with Gasteiger partial charge in [0, 0.05) is 18.0 Å². The molecule has 1 amide bonds. The van der Waals surface area contributed by atoms with Gasteiger partial charge in [0.2, 0.25) is 5.91 Å². The van der Waals surface area contributed by atoms with Gasteiger partial charge < -0.3 is 10.0 Å². The molecule has 1 N–H and O–H groups in total. The highest BCUT2D eigenvalue weighted by molar-refractivity contribution is 7.85. The van der Waals surface area contributed by atoms with Crippen molar-refractivity contribution in [3.63, 3.8) is 0 Å². The lowest BCUT2D eigenvalue weighted by atomic mass is 9.97. The van der Waals surface area contributed by atoms with Gasteiger partial charge in [-0.2, -0.15) is 0 Å². The highest BCUT2D eigenvalue weighted by Crippen LogP contribution is 2.18. The van der Waals surface area contributed by atoms with Crippen LogP contribution >= 0.6 is 0 Å². The molecule has 21 heavy (non-hydrogen) atoms. The number of amides is 1. The highest BCUT2D eigenvalue weighted by Gasteiger charge is 2.27. The maximum absolute atomic E-state index is 12.3. The van der Waals surface area contributed by atoms with Crippen molar-refractivity contribution in [2.75, 3.05) is 18.8 Å². The number of nitrogens with zero attached hydrogens (tertiary/aromatic N) is 1. The quantitative estimate of drug-likeness (QED) is 0.913. The Morgan fingerprint density at radius 1 is 1.29 bits per heavy atom. The monoisotopic (exact) mass is 309 g/mol. The molecule has 1 saturated heterocycles. The molecule has 1 atom stereocenters. The Labute approximate surface area is 126 Å². The van der Waals surface area contributed by atoms with E-state index in [1.54, 1.807) is 11.0 Å². The fourth-order valence-corrected chi connectivity index (χ4v) is 3.69. The third-order valence-electron chi connectivity index (χ3n) is 3.79. The average molecular weight is 309 g/mol. The van der Waals surface area contributed by atoms with E-state index in [2.05, 4.69) is 0 Å². The molecular weight excluding hydrogens is 290 g/mol. The molecule has 1 heterocycles. The van der Waals surface area contributed by atoms with Crippen LogP contribution in [0.15, 0.2) is 29.2 Å². The van der Waals surface area contributed by atoms with E-state index in [4.69, 9.17) is 5.11 Å². The molecule has 1 fully saturated rings. The van der Waals surface area contributed by atoms with Crippen LogP contribution in [-0.2, 0) is 20.4 Å². The zero-order valence-electron chi connectivity index (χ0n) is 11.9. The minimum absolute atomic E-state index is 0.0391. The minimum atomic E-state index is -1.35. The van der Waals surface area contributed by atoms with E-state index in [1.807, 2.05) is 25.1 Å². The first-order chi connectivity index (χ1) is 9.99. The molecular formula is C15H19NO4S. The van der Waals surface area contributed by atoms with Crippen LogP contribution in [0.3, 0.4) is 0 Å². The predicted octanol–water partition coefficient (Wildman–Crippen LogP) is 1.43. The van der Waals surface area contributed by atoms with Crippen LogP contribution in [0.2, 0.25) is 0 Å². The summed E-state index contributed by atoms with van der Waals surface area (Å²) in [4.78, 5) is 25.3. The van der Waals surface area contributed by atoms with Crippen LogP contribution < -0.4 is 0 Å². The second-order valence-electron chi connectivity index (χ2n) is 5.25. The molecule has 1 aromatic rings. The summed E-state index contributed by atoms with van der Waals surface area (Å²) in [6.07, 6.45) is 0.941. The average Bonchev–Trinajstić information content (AvgIpc) is 2.47. The van der Waals surface area contributed by atoms with E-state index in [0.29, 0.717) is 30.8 Å². The molecule has 0 saturated carbocycles. The third kappa shape index (κ3) is 3.91. The zero-order chi connectivity index (χ0) is 15.4. The van der Waals surface area contributed by atoms with Crippen molar-refractivity contribution < 1.29 is 18.9 Å². The molecule has 0 spiro atoms. The summed E-state index contributed by atoms with van der Waals surface area (Å²) >= 11 is 0. The molecule has 114 valence electrons. The number of hydrogen-bond acceptors (Lipinski definition) is 3. The van der Waals surface area contributed by atoms with Crippen molar-refractivity contribution >= 4 is 22.7 Å². The number of carboxylic acids is 1. The Hall–Kier alpha value is -1.69. The molecule has 0 radical (unpaired) electrons.